The number of alkyl halides is 3. The average molecular weight is 713 g/mol. The van der Waals surface area contributed by atoms with Crippen LogP contribution in [-0.4, -0.2) is 52.6 Å². The summed E-state index contributed by atoms with van der Waals surface area (Å²) in [5.74, 6) is -0.0764. The molecule has 2 atom stereocenters. The summed E-state index contributed by atoms with van der Waals surface area (Å²) in [6.07, 6.45) is -0.694. The minimum absolute atomic E-state index is 0.0322. The van der Waals surface area contributed by atoms with Gasteiger partial charge in [-0.1, -0.05) is 59.7 Å². The van der Waals surface area contributed by atoms with Gasteiger partial charge >= 0.3 is 12.1 Å². The molecule has 1 aliphatic rings. The second-order valence-electron chi connectivity index (χ2n) is 14.8. The fourth-order valence-electron chi connectivity index (χ4n) is 5.56. The third-order valence-electron chi connectivity index (χ3n) is 8.44. The van der Waals surface area contributed by atoms with Gasteiger partial charge in [0, 0.05) is 42.3 Å². The molecular formula is C37H51F3N8O3. The van der Waals surface area contributed by atoms with Crippen molar-refractivity contribution in [2.75, 3.05) is 19.6 Å². The predicted octanol–water partition coefficient (Wildman–Crippen LogP) is 5.83. The van der Waals surface area contributed by atoms with Gasteiger partial charge in [-0.05, 0) is 78.2 Å². The van der Waals surface area contributed by atoms with Gasteiger partial charge in [0.05, 0.1) is 17.9 Å². The van der Waals surface area contributed by atoms with E-state index in [-0.39, 0.29) is 40.4 Å². The Labute approximate surface area is 296 Å². The summed E-state index contributed by atoms with van der Waals surface area (Å²) in [5, 5.41) is 4.27. The number of nitrogens with two attached hydrogens (primary N) is 3. The van der Waals surface area contributed by atoms with Crippen molar-refractivity contribution in [1.29, 1.82) is 0 Å². The number of aromatic amines is 1. The second-order valence-corrected chi connectivity index (χ2v) is 14.8. The molecule has 2 aromatic carbocycles. The zero-order valence-corrected chi connectivity index (χ0v) is 30.2. The molecule has 8 N–H and O–H groups in total. The van der Waals surface area contributed by atoms with Gasteiger partial charge in [-0.15, -0.1) is 13.2 Å². The molecule has 0 spiro atoms. The highest BCUT2D eigenvalue weighted by Gasteiger charge is 2.33. The highest BCUT2D eigenvalue weighted by Crippen LogP contribution is 2.38. The predicted molar refractivity (Wildman–Crippen MR) is 195 cm³/mol. The van der Waals surface area contributed by atoms with Gasteiger partial charge < -0.3 is 37.0 Å². The van der Waals surface area contributed by atoms with E-state index in [9.17, 15) is 18.0 Å². The zero-order valence-electron chi connectivity index (χ0n) is 30.2. The van der Waals surface area contributed by atoms with E-state index in [2.05, 4.69) is 51.9 Å². The summed E-state index contributed by atoms with van der Waals surface area (Å²) >= 11 is 0. The first-order valence-corrected chi connectivity index (χ1v) is 17.1. The number of hydrogen-bond acceptors (Lipinski definition) is 7. The van der Waals surface area contributed by atoms with E-state index in [0.29, 0.717) is 24.3 Å². The molecule has 278 valence electrons. The van der Waals surface area contributed by atoms with E-state index in [1.54, 1.807) is 4.57 Å². The molecule has 51 heavy (non-hydrogen) atoms. The van der Waals surface area contributed by atoms with Crippen LogP contribution < -0.4 is 32.9 Å². The Kier molecular flexibility index (Phi) is 12.6. The lowest BCUT2D eigenvalue weighted by molar-refractivity contribution is -0.274. The number of hydrogen-bond donors (Lipinski definition) is 5. The van der Waals surface area contributed by atoms with Gasteiger partial charge in [0.15, 0.2) is 5.96 Å². The van der Waals surface area contributed by atoms with Crippen molar-refractivity contribution in [3.8, 4) is 11.4 Å². The highest BCUT2D eigenvalue weighted by atomic mass is 19.4. The number of H-pyrrole nitrogens is 1. The summed E-state index contributed by atoms with van der Waals surface area (Å²) < 4.78 is 49.1. The fraction of sp³-hybridized carbons (Fsp3) is 0.486. The zero-order chi connectivity index (χ0) is 37.6. The van der Waals surface area contributed by atoms with Gasteiger partial charge in [0.2, 0.25) is 0 Å². The second kappa shape index (κ2) is 16.3. The Morgan fingerprint density at radius 3 is 2.33 bits per heavy atom. The quantitative estimate of drug-likeness (QED) is 0.0777. The van der Waals surface area contributed by atoms with E-state index >= 15 is 0 Å². The molecule has 3 heterocycles. The van der Waals surface area contributed by atoms with Crippen LogP contribution in [0, 0.1) is 0 Å². The molecule has 1 saturated heterocycles. The molecule has 2 aromatic heterocycles. The van der Waals surface area contributed by atoms with E-state index < -0.39 is 6.36 Å². The molecule has 0 aliphatic carbocycles. The molecule has 0 saturated carbocycles. The van der Waals surface area contributed by atoms with Crippen molar-refractivity contribution in [2.45, 2.75) is 96.7 Å². The SMILES string of the molecule is CC(C)(C)c1cc(OC(F)(F)F)cc(C2CC[C@@H](CN)O2)c1.CC(C)(C)c1cc2cn(-c3ccc(CNCCCN=C(N)N)cc3)c(=O)nc2[nH]1. The number of halogens is 3. The molecule has 0 radical (unpaired) electrons. The van der Waals surface area contributed by atoms with Crippen LogP contribution in [-0.2, 0) is 22.1 Å². The van der Waals surface area contributed by atoms with E-state index in [4.69, 9.17) is 21.9 Å². The summed E-state index contributed by atoms with van der Waals surface area (Å²) in [4.78, 5) is 23.9. The summed E-state index contributed by atoms with van der Waals surface area (Å²) in [5.41, 5.74) is 20.7. The number of rotatable bonds is 10. The minimum Gasteiger partial charge on any atom is -0.406 e. The molecular weight excluding hydrogens is 661 g/mol. The number of aromatic nitrogens is 3. The van der Waals surface area contributed by atoms with Crippen LogP contribution in [0.1, 0.15) is 89.3 Å². The van der Waals surface area contributed by atoms with E-state index in [1.165, 1.54) is 12.1 Å². The number of benzene rings is 2. The molecule has 1 unspecified atom stereocenters. The molecule has 11 nitrogen and oxygen atoms in total. The molecule has 5 rings (SSSR count). The van der Waals surface area contributed by atoms with Crippen molar-refractivity contribution in [2.24, 2.45) is 22.2 Å². The number of guanidine groups is 1. The smallest absolute Gasteiger partial charge is 0.406 e. The van der Waals surface area contributed by atoms with Gasteiger partial charge in [-0.25, -0.2) is 4.79 Å². The van der Waals surface area contributed by atoms with Crippen molar-refractivity contribution < 1.29 is 22.6 Å². The summed E-state index contributed by atoms with van der Waals surface area (Å²) in [6, 6.07) is 14.7. The first-order chi connectivity index (χ1) is 23.8. The molecule has 14 heteroatoms. The number of fused-ring (bicyclic) bond motifs is 1. The number of ether oxygens (including phenoxy) is 2. The van der Waals surface area contributed by atoms with Crippen LogP contribution in [0.2, 0.25) is 0 Å². The molecule has 0 amide bonds. The third kappa shape index (κ3) is 11.6. The Morgan fingerprint density at radius 1 is 1.04 bits per heavy atom. The van der Waals surface area contributed by atoms with Crippen LogP contribution in [0.5, 0.6) is 5.75 Å². The van der Waals surface area contributed by atoms with Gasteiger partial charge in [-0.2, -0.15) is 4.98 Å². The minimum atomic E-state index is -4.70. The molecule has 1 fully saturated rings. The highest BCUT2D eigenvalue weighted by molar-refractivity contribution is 5.76. The van der Waals surface area contributed by atoms with Crippen molar-refractivity contribution in [3.05, 3.63) is 87.6 Å². The lowest BCUT2D eigenvalue weighted by Gasteiger charge is -2.23. The number of nitrogens with one attached hydrogen (secondary N) is 2. The van der Waals surface area contributed by atoms with E-state index in [0.717, 1.165) is 60.2 Å². The van der Waals surface area contributed by atoms with Crippen molar-refractivity contribution in [1.82, 2.24) is 19.9 Å². The Hall–Kier alpha value is -4.40. The Morgan fingerprint density at radius 2 is 1.75 bits per heavy atom. The lowest BCUT2D eigenvalue weighted by Crippen LogP contribution is -2.23. The summed E-state index contributed by atoms with van der Waals surface area (Å²) in [7, 11) is 0. The molecule has 0 bridgehead atoms. The molecule has 4 aromatic rings. The Balaban J connectivity index is 0.000000238. The number of aliphatic imine (C=N–C) groups is 1. The van der Waals surface area contributed by atoms with Gasteiger partial charge in [0.25, 0.3) is 0 Å². The maximum absolute atomic E-state index is 12.5. The topological polar surface area (TPSA) is 172 Å². The third-order valence-corrected chi connectivity index (χ3v) is 8.44. The van der Waals surface area contributed by atoms with Crippen molar-refractivity contribution in [3.63, 3.8) is 0 Å². The maximum Gasteiger partial charge on any atom is 0.573 e. The largest absolute Gasteiger partial charge is 0.573 e. The average Bonchev–Trinajstić information content (AvgIpc) is 3.69. The fourth-order valence-corrected chi connectivity index (χ4v) is 5.56. The standard InChI is InChI=1S/C21H29N7O.C16H22F3NO2/c1-21(2,3)17-11-15-13-28(20(29)27-18(15)26-17)16-7-5-14(6-8-16)12-24-9-4-10-25-19(22)23;1-15(2,3)11-6-10(14-5-4-12(9-20)21-14)7-13(8-11)22-16(17,18)19/h5-8,11,13,24H,4,9-10,12H2,1-3H3,(H4,22,23,25)(H,26,27,29);6-8,12,14H,4-5,9,20H2,1-3H3/t;12-,14?/m.0/s1. The van der Waals surface area contributed by atoms with Crippen LogP contribution in [0.3, 0.4) is 0 Å². The lowest BCUT2D eigenvalue weighted by atomic mass is 9.85. The Bertz CT molecular complexity index is 1830. The van der Waals surface area contributed by atoms with Gasteiger partial charge in [0.1, 0.15) is 11.4 Å². The van der Waals surface area contributed by atoms with Crippen LogP contribution in [0.15, 0.2) is 64.5 Å². The maximum atomic E-state index is 12.5. The monoisotopic (exact) mass is 712 g/mol. The van der Waals surface area contributed by atoms with E-state index in [1.807, 2.05) is 57.3 Å². The van der Waals surface area contributed by atoms with Crippen molar-refractivity contribution >= 4 is 17.0 Å². The van der Waals surface area contributed by atoms with Crippen LogP contribution in [0.4, 0.5) is 13.2 Å². The normalized spacial score (nSPS) is 16.5. The molecule has 1 aliphatic heterocycles. The van der Waals surface area contributed by atoms with Crippen LogP contribution in [0.25, 0.3) is 16.7 Å². The summed E-state index contributed by atoms with van der Waals surface area (Å²) in [6.45, 7) is 14.8. The number of nitrogens with zero attached hydrogens (tertiary/aromatic N) is 3. The van der Waals surface area contributed by atoms with Gasteiger partial charge in [-0.3, -0.25) is 9.56 Å². The first-order valence-electron chi connectivity index (χ1n) is 17.1. The first kappa shape index (κ1) is 39.4. The van der Waals surface area contributed by atoms with Crippen LogP contribution >= 0.6 is 0 Å².